The first-order valence-corrected chi connectivity index (χ1v) is 10.3. The molecule has 0 radical (unpaired) electrons. The summed E-state index contributed by atoms with van der Waals surface area (Å²) in [6.45, 7) is 0.288. The van der Waals surface area contributed by atoms with Crippen LogP contribution in [0.1, 0.15) is 21.9 Å². The fourth-order valence-electron chi connectivity index (χ4n) is 3.52. The van der Waals surface area contributed by atoms with Crippen LogP contribution in [0.15, 0.2) is 73.2 Å². The summed E-state index contributed by atoms with van der Waals surface area (Å²) in [7, 11) is 0. The number of benzene rings is 1. The second kappa shape index (κ2) is 8.76. The molecule has 0 unspecified atom stereocenters. The van der Waals surface area contributed by atoms with Crippen LogP contribution in [0.5, 0.6) is 0 Å². The molecule has 0 aliphatic heterocycles. The molecule has 0 atom stereocenters. The molecule has 5 rings (SSSR count). The Hall–Kier alpha value is -5.17. The Labute approximate surface area is 193 Å². The number of nitrogen functional groups attached to an aromatic ring is 1. The molecule has 0 spiro atoms. The summed E-state index contributed by atoms with van der Waals surface area (Å²) < 4.78 is 1.93. The molecule has 0 bridgehead atoms. The number of nitrogens with zero attached hydrogens (tertiary/aromatic N) is 7. The fraction of sp³-hybridized carbons (Fsp3) is 0.0417. The van der Waals surface area contributed by atoms with Gasteiger partial charge >= 0.3 is 0 Å². The standard InChI is InChI=1S/C24H17N9O/c25-13-20-27-12-9-19(31-20)24(34)30-14-15-5-7-16(8-6-15)33-22(17-3-1-10-28-21(17)26)32-18-4-2-11-29-23(18)33/h1-12H,14H2,(H2,26,28)(H,30,34). The number of carbonyl (C=O) groups is 1. The molecular formula is C24H17N9O. The minimum Gasteiger partial charge on any atom is -0.383 e. The van der Waals surface area contributed by atoms with E-state index in [1.54, 1.807) is 12.4 Å². The number of nitrogens with one attached hydrogen (secondary N) is 1. The summed E-state index contributed by atoms with van der Waals surface area (Å²) in [5.41, 5.74) is 10.1. The van der Waals surface area contributed by atoms with Crippen LogP contribution in [-0.4, -0.2) is 35.4 Å². The average Bonchev–Trinajstić information content (AvgIpc) is 3.27. The van der Waals surface area contributed by atoms with Crippen LogP contribution in [0, 0.1) is 11.3 Å². The zero-order valence-corrected chi connectivity index (χ0v) is 17.8. The molecule has 164 valence electrons. The SMILES string of the molecule is N#Cc1nccc(C(=O)NCc2ccc(-n3c(-c4cccnc4N)nc4cccnc43)cc2)n1. The van der Waals surface area contributed by atoms with Crippen LogP contribution in [0.3, 0.4) is 0 Å². The minimum absolute atomic E-state index is 0.0526. The predicted molar refractivity (Wildman–Crippen MR) is 124 cm³/mol. The number of pyridine rings is 2. The van der Waals surface area contributed by atoms with Crippen molar-refractivity contribution in [3.05, 3.63) is 90.3 Å². The van der Waals surface area contributed by atoms with E-state index in [0.29, 0.717) is 22.9 Å². The smallest absolute Gasteiger partial charge is 0.270 e. The van der Waals surface area contributed by atoms with Crippen LogP contribution in [0.4, 0.5) is 5.82 Å². The van der Waals surface area contributed by atoms with Crippen LogP contribution in [-0.2, 0) is 6.54 Å². The van der Waals surface area contributed by atoms with E-state index < -0.39 is 0 Å². The Morgan fingerprint density at radius 1 is 0.971 bits per heavy atom. The molecule has 0 saturated heterocycles. The molecular weight excluding hydrogens is 430 g/mol. The van der Waals surface area contributed by atoms with Gasteiger partial charge in [0.15, 0.2) is 11.5 Å². The van der Waals surface area contributed by atoms with Crippen molar-refractivity contribution in [3.8, 4) is 23.1 Å². The second-order valence-corrected chi connectivity index (χ2v) is 7.28. The topological polar surface area (TPSA) is 148 Å². The molecule has 10 heteroatoms. The highest BCUT2D eigenvalue weighted by Crippen LogP contribution is 2.30. The van der Waals surface area contributed by atoms with Gasteiger partial charge in [-0.15, -0.1) is 0 Å². The third-order valence-corrected chi connectivity index (χ3v) is 5.13. The third-order valence-electron chi connectivity index (χ3n) is 5.13. The van der Waals surface area contributed by atoms with E-state index in [0.717, 1.165) is 16.8 Å². The average molecular weight is 447 g/mol. The number of rotatable bonds is 5. The number of nitriles is 1. The van der Waals surface area contributed by atoms with Crippen molar-refractivity contribution in [3.63, 3.8) is 0 Å². The van der Waals surface area contributed by atoms with Crippen molar-refractivity contribution in [1.29, 1.82) is 5.26 Å². The van der Waals surface area contributed by atoms with Gasteiger partial charge in [-0.1, -0.05) is 12.1 Å². The van der Waals surface area contributed by atoms with Gasteiger partial charge in [-0.25, -0.2) is 24.9 Å². The zero-order chi connectivity index (χ0) is 23.5. The number of amides is 1. The Balaban J connectivity index is 1.43. The monoisotopic (exact) mass is 447 g/mol. The third kappa shape index (κ3) is 3.89. The molecule has 34 heavy (non-hydrogen) atoms. The molecule has 0 fully saturated rings. The van der Waals surface area contributed by atoms with E-state index in [1.807, 2.05) is 59.2 Å². The normalized spacial score (nSPS) is 10.7. The number of hydrogen-bond acceptors (Lipinski definition) is 8. The second-order valence-electron chi connectivity index (χ2n) is 7.28. The highest BCUT2D eigenvalue weighted by Gasteiger charge is 2.17. The molecule has 10 nitrogen and oxygen atoms in total. The van der Waals surface area contributed by atoms with E-state index in [2.05, 4.69) is 25.3 Å². The maximum Gasteiger partial charge on any atom is 0.270 e. The number of carbonyl (C=O) groups excluding carboxylic acids is 1. The maximum absolute atomic E-state index is 12.4. The largest absolute Gasteiger partial charge is 0.383 e. The number of nitrogens with two attached hydrogens (primary N) is 1. The molecule has 0 saturated carbocycles. The van der Waals surface area contributed by atoms with Crippen LogP contribution in [0.2, 0.25) is 0 Å². The Morgan fingerprint density at radius 3 is 2.56 bits per heavy atom. The maximum atomic E-state index is 12.4. The van der Waals surface area contributed by atoms with Crippen LogP contribution >= 0.6 is 0 Å². The predicted octanol–water partition coefficient (Wildman–Crippen LogP) is 2.66. The Kier molecular flexibility index (Phi) is 5.34. The van der Waals surface area contributed by atoms with Crippen molar-refractivity contribution in [2.45, 2.75) is 6.54 Å². The molecule has 4 heterocycles. The number of hydrogen-bond donors (Lipinski definition) is 2. The quantitative estimate of drug-likeness (QED) is 0.418. The lowest BCUT2D eigenvalue weighted by Gasteiger charge is -2.11. The number of aromatic nitrogens is 6. The zero-order valence-electron chi connectivity index (χ0n) is 17.8. The summed E-state index contributed by atoms with van der Waals surface area (Å²) in [5.74, 6) is 0.574. The summed E-state index contributed by atoms with van der Waals surface area (Å²) in [6.07, 6.45) is 4.73. The molecule has 0 aliphatic rings. The van der Waals surface area contributed by atoms with Crippen molar-refractivity contribution in [1.82, 2.24) is 34.8 Å². The van der Waals surface area contributed by atoms with Gasteiger partial charge in [-0.3, -0.25) is 9.36 Å². The van der Waals surface area contributed by atoms with Gasteiger partial charge in [-0.2, -0.15) is 5.26 Å². The number of imidazole rings is 1. The number of fused-ring (bicyclic) bond motifs is 1. The van der Waals surface area contributed by atoms with Crippen molar-refractivity contribution >= 4 is 22.9 Å². The van der Waals surface area contributed by atoms with E-state index in [-0.39, 0.29) is 24.0 Å². The van der Waals surface area contributed by atoms with Crippen molar-refractivity contribution < 1.29 is 4.79 Å². The summed E-state index contributed by atoms with van der Waals surface area (Å²) >= 11 is 0. The molecule has 4 aromatic heterocycles. The van der Waals surface area contributed by atoms with Gasteiger partial charge in [-0.05, 0) is 48.0 Å². The lowest BCUT2D eigenvalue weighted by molar-refractivity contribution is 0.0945. The van der Waals surface area contributed by atoms with Gasteiger partial charge in [0.05, 0.1) is 5.56 Å². The van der Waals surface area contributed by atoms with E-state index in [1.165, 1.54) is 12.3 Å². The van der Waals surface area contributed by atoms with Gasteiger partial charge in [0.25, 0.3) is 5.91 Å². The van der Waals surface area contributed by atoms with Crippen molar-refractivity contribution in [2.24, 2.45) is 0 Å². The molecule has 0 aliphatic carbocycles. The van der Waals surface area contributed by atoms with E-state index in [4.69, 9.17) is 16.0 Å². The summed E-state index contributed by atoms with van der Waals surface area (Å²) in [4.78, 5) is 33.5. The lowest BCUT2D eigenvalue weighted by Crippen LogP contribution is -2.24. The van der Waals surface area contributed by atoms with Gasteiger partial charge in [0.2, 0.25) is 5.82 Å². The first-order valence-electron chi connectivity index (χ1n) is 10.3. The molecule has 3 N–H and O–H groups in total. The number of anilines is 1. The molecule has 1 amide bonds. The highest BCUT2D eigenvalue weighted by molar-refractivity contribution is 5.92. The lowest BCUT2D eigenvalue weighted by atomic mass is 10.2. The highest BCUT2D eigenvalue weighted by atomic mass is 16.1. The molecule has 5 aromatic rings. The van der Waals surface area contributed by atoms with Crippen molar-refractivity contribution in [2.75, 3.05) is 5.73 Å². The minimum atomic E-state index is -0.387. The van der Waals surface area contributed by atoms with E-state index in [9.17, 15) is 4.79 Å². The van der Waals surface area contributed by atoms with Gasteiger partial charge in [0, 0.05) is 30.8 Å². The van der Waals surface area contributed by atoms with Crippen LogP contribution in [0.25, 0.3) is 28.2 Å². The van der Waals surface area contributed by atoms with Gasteiger partial charge in [0.1, 0.15) is 23.1 Å². The summed E-state index contributed by atoms with van der Waals surface area (Å²) in [5, 5.41) is 11.7. The fourth-order valence-corrected chi connectivity index (χ4v) is 3.52. The Morgan fingerprint density at radius 2 is 1.76 bits per heavy atom. The summed E-state index contributed by atoms with van der Waals surface area (Å²) in [6, 6.07) is 18.3. The van der Waals surface area contributed by atoms with Gasteiger partial charge < -0.3 is 11.1 Å². The molecule has 1 aromatic carbocycles. The Bertz CT molecular complexity index is 1550. The van der Waals surface area contributed by atoms with Crippen LogP contribution < -0.4 is 11.1 Å². The first-order chi connectivity index (χ1) is 16.6. The van der Waals surface area contributed by atoms with E-state index >= 15 is 0 Å². The first kappa shape index (κ1) is 20.7.